The predicted molar refractivity (Wildman–Crippen MR) is 82.4 cm³/mol. The Kier molecular flexibility index (Phi) is 5.13. The first kappa shape index (κ1) is 17.1. The van der Waals surface area contributed by atoms with Gasteiger partial charge in [-0.25, -0.2) is 23.1 Å². The minimum atomic E-state index is -0.725. The number of nitrogens with zero attached hydrogens (tertiary/aromatic N) is 2. The summed E-state index contributed by atoms with van der Waals surface area (Å²) in [6.07, 6.45) is 2.24. The van der Waals surface area contributed by atoms with Crippen LogP contribution in [0.2, 0.25) is 0 Å². The number of benzene rings is 1. The van der Waals surface area contributed by atoms with E-state index in [0.29, 0.717) is 5.56 Å². The van der Waals surface area contributed by atoms with Crippen LogP contribution in [0, 0.1) is 24.5 Å². The molecule has 6 heteroatoms. The van der Waals surface area contributed by atoms with Gasteiger partial charge in [-0.2, -0.15) is 0 Å². The second kappa shape index (κ2) is 6.89. The van der Waals surface area contributed by atoms with Crippen LogP contribution in [0.3, 0.4) is 0 Å². The molecule has 0 radical (unpaired) electrons. The molecule has 1 aromatic carbocycles. The lowest BCUT2D eigenvalue weighted by atomic mass is 9.97. The molecule has 124 valence electrons. The van der Waals surface area contributed by atoms with Gasteiger partial charge in [0, 0.05) is 23.9 Å². The number of rotatable bonds is 4. The van der Waals surface area contributed by atoms with Gasteiger partial charge in [-0.1, -0.05) is 26.8 Å². The molecule has 1 unspecified atom stereocenters. The van der Waals surface area contributed by atoms with Crippen LogP contribution in [-0.4, -0.2) is 22.3 Å². The minimum Gasteiger partial charge on any atom is -0.449 e. The van der Waals surface area contributed by atoms with Crippen LogP contribution in [-0.2, 0) is 4.74 Å². The van der Waals surface area contributed by atoms with E-state index >= 15 is 0 Å². The topological polar surface area (TPSA) is 44.1 Å². The van der Waals surface area contributed by atoms with Crippen molar-refractivity contribution in [1.82, 2.24) is 9.55 Å². The van der Waals surface area contributed by atoms with Gasteiger partial charge in [0.1, 0.15) is 17.5 Å². The summed E-state index contributed by atoms with van der Waals surface area (Å²) in [6, 6.07) is 2.60. The molecular weight excluding hydrogens is 302 g/mol. The monoisotopic (exact) mass is 322 g/mol. The molecule has 1 atom stereocenters. The third-order valence-electron chi connectivity index (χ3n) is 3.55. The molecule has 0 bridgehead atoms. The molecule has 0 aliphatic rings. The Balaban J connectivity index is 2.35. The van der Waals surface area contributed by atoms with Gasteiger partial charge in [-0.3, -0.25) is 0 Å². The third-order valence-corrected chi connectivity index (χ3v) is 3.55. The predicted octanol–water partition coefficient (Wildman–Crippen LogP) is 4.26. The van der Waals surface area contributed by atoms with Crippen molar-refractivity contribution in [2.75, 3.05) is 6.61 Å². The number of imidazole rings is 1. The van der Waals surface area contributed by atoms with Crippen molar-refractivity contribution in [1.29, 1.82) is 0 Å². The summed E-state index contributed by atoms with van der Waals surface area (Å²) in [6.45, 7) is 7.27. The van der Waals surface area contributed by atoms with E-state index in [1.807, 2.05) is 13.8 Å². The maximum atomic E-state index is 14.3. The molecule has 4 nitrogen and oxygen atoms in total. The number of aromatic nitrogens is 2. The summed E-state index contributed by atoms with van der Waals surface area (Å²) in [5.74, 6) is -1.58. The van der Waals surface area contributed by atoms with Crippen LogP contribution in [0.5, 0.6) is 0 Å². The molecule has 2 rings (SSSR count). The molecule has 0 aliphatic heterocycles. The van der Waals surface area contributed by atoms with E-state index in [0.717, 1.165) is 0 Å². The SMILES string of the molecule is Cc1ccc(F)c(C(C)c2nccn2C(=O)OCC(C)C)c1F. The van der Waals surface area contributed by atoms with Crippen LogP contribution in [0.25, 0.3) is 0 Å². The first-order valence-corrected chi connectivity index (χ1v) is 7.47. The van der Waals surface area contributed by atoms with E-state index in [2.05, 4.69) is 4.98 Å². The van der Waals surface area contributed by atoms with E-state index < -0.39 is 23.6 Å². The molecule has 0 N–H and O–H groups in total. The highest BCUT2D eigenvalue weighted by Gasteiger charge is 2.25. The fraction of sp³-hybridized carbons (Fsp3) is 0.412. The molecule has 0 saturated heterocycles. The Morgan fingerprint density at radius 1 is 1.30 bits per heavy atom. The van der Waals surface area contributed by atoms with Gasteiger partial charge in [0.2, 0.25) is 0 Å². The lowest BCUT2D eigenvalue weighted by molar-refractivity contribution is 0.133. The van der Waals surface area contributed by atoms with Crippen LogP contribution in [0.15, 0.2) is 24.5 Å². The highest BCUT2D eigenvalue weighted by atomic mass is 19.1. The summed E-state index contributed by atoms with van der Waals surface area (Å²) in [5, 5.41) is 0. The second-order valence-electron chi connectivity index (χ2n) is 5.94. The minimum absolute atomic E-state index is 0.103. The Labute approximate surface area is 134 Å². The summed E-state index contributed by atoms with van der Waals surface area (Å²) in [7, 11) is 0. The average molecular weight is 322 g/mol. The molecule has 0 saturated carbocycles. The smallest absolute Gasteiger partial charge is 0.419 e. The number of aryl methyl sites for hydroxylation is 1. The van der Waals surface area contributed by atoms with Crippen molar-refractivity contribution in [2.24, 2.45) is 5.92 Å². The quantitative estimate of drug-likeness (QED) is 0.844. The van der Waals surface area contributed by atoms with Crippen molar-refractivity contribution in [2.45, 2.75) is 33.6 Å². The number of hydrogen-bond donors (Lipinski definition) is 0. The van der Waals surface area contributed by atoms with E-state index in [4.69, 9.17) is 4.74 Å². The van der Waals surface area contributed by atoms with Crippen LogP contribution in [0.1, 0.15) is 43.6 Å². The highest BCUT2D eigenvalue weighted by Crippen LogP contribution is 2.29. The van der Waals surface area contributed by atoms with E-state index in [1.165, 1.54) is 29.1 Å². The zero-order valence-corrected chi connectivity index (χ0v) is 13.6. The molecule has 0 aliphatic carbocycles. The maximum absolute atomic E-state index is 14.3. The lowest BCUT2D eigenvalue weighted by Gasteiger charge is -2.16. The standard InChI is InChI=1S/C17H20F2N2O2/c1-10(2)9-23-17(22)21-8-7-20-16(21)12(4)14-13(18)6-5-11(3)15(14)19/h5-8,10,12H,9H2,1-4H3. The fourth-order valence-corrected chi connectivity index (χ4v) is 2.30. The number of halogens is 2. The van der Waals surface area contributed by atoms with Crippen molar-refractivity contribution in [3.8, 4) is 0 Å². The van der Waals surface area contributed by atoms with Crippen LogP contribution >= 0.6 is 0 Å². The number of carbonyl (C=O) groups is 1. The Morgan fingerprint density at radius 2 is 2.00 bits per heavy atom. The first-order valence-electron chi connectivity index (χ1n) is 7.47. The Bertz CT molecular complexity index is 711. The summed E-state index contributed by atoms with van der Waals surface area (Å²) < 4.78 is 34.7. The summed E-state index contributed by atoms with van der Waals surface area (Å²) in [5.41, 5.74) is 0.239. The van der Waals surface area contributed by atoms with E-state index in [9.17, 15) is 13.6 Å². The fourth-order valence-electron chi connectivity index (χ4n) is 2.30. The summed E-state index contributed by atoms with van der Waals surface area (Å²) >= 11 is 0. The van der Waals surface area contributed by atoms with E-state index in [1.54, 1.807) is 13.8 Å². The number of ether oxygens (including phenoxy) is 1. The van der Waals surface area contributed by atoms with Gasteiger partial charge in [0.15, 0.2) is 0 Å². The van der Waals surface area contributed by atoms with Crippen molar-refractivity contribution < 1.29 is 18.3 Å². The maximum Gasteiger partial charge on any atom is 0.419 e. The third kappa shape index (κ3) is 3.57. The normalized spacial score (nSPS) is 12.5. The van der Waals surface area contributed by atoms with Gasteiger partial charge in [-0.05, 0) is 24.5 Å². The van der Waals surface area contributed by atoms with Crippen molar-refractivity contribution >= 4 is 6.09 Å². The van der Waals surface area contributed by atoms with Gasteiger partial charge in [0.25, 0.3) is 0 Å². The molecule has 2 aromatic rings. The number of carbonyl (C=O) groups excluding carboxylic acids is 1. The Morgan fingerprint density at radius 3 is 2.65 bits per heavy atom. The zero-order chi connectivity index (χ0) is 17.1. The lowest BCUT2D eigenvalue weighted by Crippen LogP contribution is -2.20. The molecule has 0 fully saturated rings. The van der Waals surface area contributed by atoms with Crippen LogP contribution in [0.4, 0.5) is 13.6 Å². The highest BCUT2D eigenvalue weighted by molar-refractivity contribution is 5.71. The van der Waals surface area contributed by atoms with Gasteiger partial charge >= 0.3 is 6.09 Å². The van der Waals surface area contributed by atoms with Gasteiger partial charge in [0.05, 0.1) is 6.61 Å². The molecule has 0 amide bonds. The summed E-state index contributed by atoms with van der Waals surface area (Å²) in [4.78, 5) is 16.2. The second-order valence-corrected chi connectivity index (χ2v) is 5.94. The van der Waals surface area contributed by atoms with Crippen molar-refractivity contribution in [3.63, 3.8) is 0 Å². The first-order chi connectivity index (χ1) is 10.8. The molecular formula is C17H20F2N2O2. The molecule has 1 heterocycles. The number of hydrogen-bond acceptors (Lipinski definition) is 3. The molecule has 23 heavy (non-hydrogen) atoms. The van der Waals surface area contributed by atoms with Crippen molar-refractivity contribution in [3.05, 3.63) is 53.1 Å². The average Bonchev–Trinajstić information content (AvgIpc) is 2.98. The Hall–Kier alpha value is -2.24. The van der Waals surface area contributed by atoms with Crippen LogP contribution < -0.4 is 0 Å². The largest absolute Gasteiger partial charge is 0.449 e. The van der Waals surface area contributed by atoms with Gasteiger partial charge in [-0.15, -0.1) is 0 Å². The molecule has 1 aromatic heterocycles. The molecule has 0 spiro atoms. The van der Waals surface area contributed by atoms with Gasteiger partial charge < -0.3 is 4.74 Å². The zero-order valence-electron chi connectivity index (χ0n) is 13.6. The van der Waals surface area contributed by atoms with E-state index in [-0.39, 0.29) is 23.9 Å².